The molecule has 0 radical (unpaired) electrons. The summed E-state index contributed by atoms with van der Waals surface area (Å²) in [5.74, 6) is 0.712. The summed E-state index contributed by atoms with van der Waals surface area (Å²) in [5.41, 5.74) is 0. The molecule has 1 fully saturated rings. The minimum Gasteiger partial charge on any atom is -0.317 e. The van der Waals surface area contributed by atoms with Crippen LogP contribution in [0.2, 0.25) is 0 Å². The summed E-state index contributed by atoms with van der Waals surface area (Å²) < 4.78 is 1.11. The molecule has 1 heterocycles. The SMILES string of the molecule is CNC1CCC(Sc2ncccc2Br)C1C. The summed E-state index contributed by atoms with van der Waals surface area (Å²) in [6.45, 7) is 2.34. The van der Waals surface area contributed by atoms with Crippen LogP contribution in [0.4, 0.5) is 0 Å². The highest BCUT2D eigenvalue weighted by Crippen LogP contribution is 2.40. The zero-order valence-electron chi connectivity index (χ0n) is 9.61. The van der Waals surface area contributed by atoms with E-state index in [4.69, 9.17) is 0 Å². The van der Waals surface area contributed by atoms with Crippen molar-refractivity contribution in [1.82, 2.24) is 10.3 Å². The van der Waals surface area contributed by atoms with Crippen molar-refractivity contribution >= 4 is 27.7 Å². The van der Waals surface area contributed by atoms with Crippen molar-refractivity contribution in [2.75, 3.05) is 7.05 Å². The lowest BCUT2D eigenvalue weighted by molar-refractivity contribution is 0.464. The molecule has 1 N–H and O–H groups in total. The minimum absolute atomic E-state index is 0.667. The smallest absolute Gasteiger partial charge is 0.110 e. The molecule has 1 aliphatic rings. The first-order valence-corrected chi connectivity index (χ1v) is 7.34. The van der Waals surface area contributed by atoms with E-state index in [2.05, 4.69) is 46.3 Å². The van der Waals surface area contributed by atoms with E-state index in [1.54, 1.807) is 0 Å². The van der Waals surface area contributed by atoms with Gasteiger partial charge >= 0.3 is 0 Å². The number of rotatable bonds is 3. The molecule has 3 unspecified atom stereocenters. The maximum Gasteiger partial charge on any atom is 0.110 e. The zero-order valence-corrected chi connectivity index (χ0v) is 12.0. The van der Waals surface area contributed by atoms with Crippen molar-refractivity contribution in [3.05, 3.63) is 22.8 Å². The summed E-state index contributed by atoms with van der Waals surface area (Å²) in [6, 6.07) is 4.69. The Kier molecular flexibility index (Phi) is 4.27. The lowest BCUT2D eigenvalue weighted by atomic mass is 10.1. The number of aromatic nitrogens is 1. The molecule has 2 nitrogen and oxygen atoms in total. The second-order valence-electron chi connectivity index (χ2n) is 4.28. The first-order chi connectivity index (χ1) is 7.72. The Morgan fingerprint density at radius 3 is 2.94 bits per heavy atom. The fourth-order valence-electron chi connectivity index (χ4n) is 2.30. The standard InChI is InChI=1S/C12H17BrN2S/c1-8-10(14-2)5-6-11(8)16-12-9(13)4-3-7-15-12/h3-4,7-8,10-11,14H,5-6H2,1-2H3. The van der Waals surface area contributed by atoms with Crippen LogP contribution in [0.1, 0.15) is 19.8 Å². The summed E-state index contributed by atoms with van der Waals surface area (Å²) in [6.07, 6.45) is 4.42. The average Bonchev–Trinajstić information content (AvgIpc) is 2.63. The summed E-state index contributed by atoms with van der Waals surface area (Å²) in [7, 11) is 2.06. The molecular formula is C12H17BrN2S. The molecule has 0 bridgehead atoms. The minimum atomic E-state index is 0.667. The molecule has 3 atom stereocenters. The molecule has 1 aliphatic carbocycles. The van der Waals surface area contributed by atoms with Crippen LogP contribution in [-0.2, 0) is 0 Å². The van der Waals surface area contributed by atoms with Gasteiger partial charge in [0.1, 0.15) is 5.03 Å². The maximum absolute atomic E-state index is 4.42. The third-order valence-electron chi connectivity index (χ3n) is 3.34. The van der Waals surface area contributed by atoms with Gasteiger partial charge in [-0.05, 0) is 53.9 Å². The van der Waals surface area contributed by atoms with Crippen molar-refractivity contribution in [3.63, 3.8) is 0 Å². The summed E-state index contributed by atoms with van der Waals surface area (Å²) in [5, 5.41) is 5.20. The van der Waals surface area contributed by atoms with E-state index >= 15 is 0 Å². The van der Waals surface area contributed by atoms with Gasteiger partial charge in [-0.25, -0.2) is 4.98 Å². The molecule has 4 heteroatoms. The Hall–Kier alpha value is -0.0600. The van der Waals surface area contributed by atoms with E-state index < -0.39 is 0 Å². The Morgan fingerprint density at radius 2 is 2.31 bits per heavy atom. The number of hydrogen-bond acceptors (Lipinski definition) is 3. The van der Waals surface area contributed by atoms with Gasteiger partial charge in [0.25, 0.3) is 0 Å². The van der Waals surface area contributed by atoms with E-state index in [0.717, 1.165) is 9.50 Å². The molecule has 88 valence electrons. The molecule has 0 aliphatic heterocycles. The van der Waals surface area contributed by atoms with E-state index in [1.807, 2.05) is 24.0 Å². The largest absolute Gasteiger partial charge is 0.317 e. The number of pyridine rings is 1. The quantitative estimate of drug-likeness (QED) is 0.927. The van der Waals surface area contributed by atoms with Crippen LogP contribution in [0.25, 0.3) is 0 Å². The van der Waals surface area contributed by atoms with Gasteiger partial charge in [-0.3, -0.25) is 0 Å². The number of thioether (sulfide) groups is 1. The molecule has 2 rings (SSSR count). The van der Waals surface area contributed by atoms with Gasteiger partial charge in [0.05, 0.1) is 0 Å². The maximum atomic E-state index is 4.42. The van der Waals surface area contributed by atoms with E-state index in [9.17, 15) is 0 Å². The van der Waals surface area contributed by atoms with Crippen molar-refractivity contribution in [2.45, 2.75) is 36.1 Å². The van der Waals surface area contributed by atoms with Gasteiger partial charge in [-0.15, -0.1) is 11.8 Å². The van der Waals surface area contributed by atoms with Crippen LogP contribution in [0, 0.1) is 5.92 Å². The summed E-state index contributed by atoms with van der Waals surface area (Å²) in [4.78, 5) is 4.42. The van der Waals surface area contributed by atoms with Gasteiger partial charge in [0.15, 0.2) is 0 Å². The monoisotopic (exact) mass is 300 g/mol. The highest BCUT2D eigenvalue weighted by atomic mass is 79.9. The molecular weight excluding hydrogens is 284 g/mol. The Morgan fingerprint density at radius 1 is 1.50 bits per heavy atom. The Bertz CT molecular complexity index is 359. The highest BCUT2D eigenvalue weighted by Gasteiger charge is 2.32. The Labute approximate surface area is 110 Å². The van der Waals surface area contributed by atoms with E-state index in [1.165, 1.54) is 12.8 Å². The molecule has 0 aromatic carbocycles. The normalized spacial score (nSPS) is 29.6. The van der Waals surface area contributed by atoms with Crippen molar-refractivity contribution < 1.29 is 0 Å². The number of nitrogens with one attached hydrogen (secondary N) is 1. The van der Waals surface area contributed by atoms with Crippen LogP contribution < -0.4 is 5.32 Å². The zero-order chi connectivity index (χ0) is 11.5. The van der Waals surface area contributed by atoms with Gasteiger partial charge in [0.2, 0.25) is 0 Å². The van der Waals surface area contributed by atoms with Crippen LogP contribution >= 0.6 is 27.7 Å². The molecule has 16 heavy (non-hydrogen) atoms. The third-order valence-corrected chi connectivity index (χ3v) is 5.76. The van der Waals surface area contributed by atoms with E-state index in [-0.39, 0.29) is 0 Å². The van der Waals surface area contributed by atoms with Gasteiger partial charge in [-0.1, -0.05) is 6.92 Å². The molecule has 1 aromatic rings. The fraction of sp³-hybridized carbons (Fsp3) is 0.583. The predicted molar refractivity (Wildman–Crippen MR) is 72.8 cm³/mol. The number of hydrogen-bond donors (Lipinski definition) is 1. The third kappa shape index (κ3) is 2.60. The van der Waals surface area contributed by atoms with Crippen molar-refractivity contribution in [1.29, 1.82) is 0 Å². The lowest BCUT2D eigenvalue weighted by Crippen LogP contribution is -2.30. The molecule has 1 saturated carbocycles. The first kappa shape index (κ1) is 12.4. The van der Waals surface area contributed by atoms with Gasteiger partial charge < -0.3 is 5.32 Å². The van der Waals surface area contributed by atoms with Crippen molar-refractivity contribution in [3.8, 4) is 0 Å². The molecule has 0 amide bonds. The van der Waals surface area contributed by atoms with Gasteiger partial charge in [0, 0.05) is 22.0 Å². The summed E-state index contributed by atoms with van der Waals surface area (Å²) >= 11 is 5.46. The Balaban J connectivity index is 2.04. The van der Waals surface area contributed by atoms with Crippen LogP contribution in [-0.4, -0.2) is 23.3 Å². The average molecular weight is 301 g/mol. The highest BCUT2D eigenvalue weighted by molar-refractivity contribution is 9.10. The van der Waals surface area contributed by atoms with Crippen LogP contribution in [0.5, 0.6) is 0 Å². The molecule has 0 saturated heterocycles. The lowest BCUT2D eigenvalue weighted by Gasteiger charge is -2.19. The van der Waals surface area contributed by atoms with E-state index in [0.29, 0.717) is 17.2 Å². The molecule has 1 aromatic heterocycles. The number of halogens is 1. The van der Waals surface area contributed by atoms with Crippen LogP contribution in [0.15, 0.2) is 27.8 Å². The van der Waals surface area contributed by atoms with Crippen LogP contribution in [0.3, 0.4) is 0 Å². The second-order valence-corrected chi connectivity index (χ2v) is 6.36. The second kappa shape index (κ2) is 5.52. The molecule has 0 spiro atoms. The topological polar surface area (TPSA) is 24.9 Å². The fourth-order valence-corrected chi connectivity index (χ4v) is 4.09. The van der Waals surface area contributed by atoms with Gasteiger partial charge in [-0.2, -0.15) is 0 Å². The predicted octanol–water partition coefficient (Wildman–Crippen LogP) is 3.32. The van der Waals surface area contributed by atoms with Crippen molar-refractivity contribution in [2.24, 2.45) is 5.92 Å². The first-order valence-electron chi connectivity index (χ1n) is 5.67. The number of nitrogens with zero attached hydrogens (tertiary/aromatic N) is 1.